The SMILES string of the molecule is COc1cccc(CNCc2ccco2)c1OCC1CCCO1. The van der Waals surface area contributed by atoms with E-state index in [9.17, 15) is 0 Å². The molecule has 5 heteroatoms. The van der Waals surface area contributed by atoms with E-state index in [4.69, 9.17) is 18.6 Å². The average molecular weight is 317 g/mol. The van der Waals surface area contributed by atoms with E-state index in [1.54, 1.807) is 13.4 Å². The molecule has 1 unspecified atom stereocenters. The molecule has 23 heavy (non-hydrogen) atoms. The summed E-state index contributed by atoms with van der Waals surface area (Å²) in [6, 6.07) is 9.77. The molecule has 1 aliphatic heterocycles. The second kappa shape index (κ2) is 8.04. The van der Waals surface area contributed by atoms with E-state index in [2.05, 4.69) is 5.32 Å². The van der Waals surface area contributed by atoms with Crippen molar-refractivity contribution in [2.45, 2.75) is 32.0 Å². The third kappa shape index (κ3) is 4.27. The molecule has 3 rings (SSSR count). The fraction of sp³-hybridized carbons (Fsp3) is 0.444. The van der Waals surface area contributed by atoms with Gasteiger partial charge in [0.05, 0.1) is 26.0 Å². The van der Waals surface area contributed by atoms with Gasteiger partial charge >= 0.3 is 0 Å². The number of nitrogens with one attached hydrogen (secondary N) is 1. The molecule has 1 aromatic carbocycles. The van der Waals surface area contributed by atoms with Crippen molar-refractivity contribution in [1.82, 2.24) is 5.32 Å². The summed E-state index contributed by atoms with van der Waals surface area (Å²) in [5.41, 5.74) is 1.06. The van der Waals surface area contributed by atoms with Crippen LogP contribution in [-0.2, 0) is 17.8 Å². The summed E-state index contributed by atoms with van der Waals surface area (Å²) >= 11 is 0. The summed E-state index contributed by atoms with van der Waals surface area (Å²) in [7, 11) is 1.66. The molecule has 0 aliphatic carbocycles. The van der Waals surface area contributed by atoms with Gasteiger partial charge in [0.15, 0.2) is 11.5 Å². The number of para-hydroxylation sites is 1. The molecule has 124 valence electrons. The Morgan fingerprint density at radius 1 is 1.22 bits per heavy atom. The molecule has 1 aromatic heterocycles. The van der Waals surface area contributed by atoms with Crippen LogP contribution in [0.4, 0.5) is 0 Å². The summed E-state index contributed by atoms with van der Waals surface area (Å²) in [6.07, 6.45) is 4.03. The van der Waals surface area contributed by atoms with Gasteiger partial charge < -0.3 is 23.9 Å². The summed E-state index contributed by atoms with van der Waals surface area (Å²) in [4.78, 5) is 0. The van der Waals surface area contributed by atoms with Gasteiger partial charge in [0, 0.05) is 18.7 Å². The molecule has 0 bridgehead atoms. The number of hydrogen-bond acceptors (Lipinski definition) is 5. The number of furan rings is 1. The lowest BCUT2D eigenvalue weighted by Gasteiger charge is -2.17. The molecule has 1 aliphatic rings. The topological polar surface area (TPSA) is 52.9 Å². The zero-order chi connectivity index (χ0) is 15.9. The molecular formula is C18H23NO4. The fourth-order valence-corrected chi connectivity index (χ4v) is 2.71. The lowest BCUT2D eigenvalue weighted by atomic mass is 10.1. The smallest absolute Gasteiger partial charge is 0.165 e. The molecule has 0 amide bonds. The molecule has 2 heterocycles. The zero-order valence-electron chi connectivity index (χ0n) is 13.4. The van der Waals surface area contributed by atoms with Crippen molar-refractivity contribution in [1.29, 1.82) is 0 Å². The zero-order valence-corrected chi connectivity index (χ0v) is 13.4. The van der Waals surface area contributed by atoms with Crippen molar-refractivity contribution in [2.24, 2.45) is 0 Å². The Balaban J connectivity index is 1.62. The van der Waals surface area contributed by atoms with Crippen LogP contribution in [0.15, 0.2) is 41.0 Å². The molecule has 1 atom stereocenters. The van der Waals surface area contributed by atoms with E-state index < -0.39 is 0 Å². The number of methoxy groups -OCH3 is 1. The molecule has 1 fully saturated rings. The van der Waals surface area contributed by atoms with Gasteiger partial charge in [0.1, 0.15) is 12.4 Å². The first kappa shape index (κ1) is 15.9. The maximum atomic E-state index is 6.02. The largest absolute Gasteiger partial charge is 0.493 e. The van der Waals surface area contributed by atoms with Crippen molar-refractivity contribution in [3.63, 3.8) is 0 Å². The lowest BCUT2D eigenvalue weighted by molar-refractivity contribution is 0.0666. The monoisotopic (exact) mass is 317 g/mol. The number of rotatable bonds is 8. The van der Waals surface area contributed by atoms with Crippen LogP contribution in [0, 0.1) is 0 Å². The van der Waals surface area contributed by atoms with Gasteiger partial charge in [0.25, 0.3) is 0 Å². The molecule has 5 nitrogen and oxygen atoms in total. The predicted molar refractivity (Wildman–Crippen MR) is 86.7 cm³/mol. The van der Waals surface area contributed by atoms with Crippen molar-refractivity contribution in [2.75, 3.05) is 20.3 Å². The minimum Gasteiger partial charge on any atom is -0.493 e. The van der Waals surface area contributed by atoms with E-state index in [1.807, 2.05) is 30.3 Å². The number of benzene rings is 1. The van der Waals surface area contributed by atoms with E-state index in [1.165, 1.54) is 0 Å². The number of ether oxygens (including phenoxy) is 3. The van der Waals surface area contributed by atoms with Gasteiger partial charge in [-0.25, -0.2) is 0 Å². The van der Waals surface area contributed by atoms with E-state index in [0.717, 1.165) is 42.3 Å². The molecule has 1 saturated heterocycles. The highest BCUT2D eigenvalue weighted by molar-refractivity contribution is 5.46. The third-order valence-corrected chi connectivity index (χ3v) is 3.91. The molecular weight excluding hydrogens is 294 g/mol. The first-order valence-electron chi connectivity index (χ1n) is 8.00. The molecule has 2 aromatic rings. The van der Waals surface area contributed by atoms with Gasteiger partial charge in [-0.15, -0.1) is 0 Å². The highest BCUT2D eigenvalue weighted by Crippen LogP contribution is 2.31. The van der Waals surface area contributed by atoms with E-state index in [-0.39, 0.29) is 6.10 Å². The quantitative estimate of drug-likeness (QED) is 0.810. The van der Waals surface area contributed by atoms with E-state index in [0.29, 0.717) is 19.7 Å². The Morgan fingerprint density at radius 3 is 2.91 bits per heavy atom. The maximum absolute atomic E-state index is 6.02. The normalized spacial score (nSPS) is 17.3. The second-order valence-corrected chi connectivity index (χ2v) is 5.58. The first-order valence-corrected chi connectivity index (χ1v) is 8.00. The van der Waals surface area contributed by atoms with Crippen LogP contribution in [0.2, 0.25) is 0 Å². The summed E-state index contributed by atoms with van der Waals surface area (Å²) in [6.45, 7) is 2.75. The fourth-order valence-electron chi connectivity index (χ4n) is 2.71. The first-order chi connectivity index (χ1) is 11.4. The van der Waals surface area contributed by atoms with Crippen molar-refractivity contribution in [3.8, 4) is 11.5 Å². The van der Waals surface area contributed by atoms with Gasteiger partial charge in [-0.1, -0.05) is 12.1 Å². The Labute approximate surface area is 136 Å². The Hall–Kier alpha value is -1.98. The van der Waals surface area contributed by atoms with Crippen LogP contribution in [0.5, 0.6) is 11.5 Å². The van der Waals surface area contributed by atoms with Crippen LogP contribution >= 0.6 is 0 Å². The van der Waals surface area contributed by atoms with Gasteiger partial charge in [-0.3, -0.25) is 0 Å². The minimum absolute atomic E-state index is 0.184. The van der Waals surface area contributed by atoms with Crippen molar-refractivity contribution in [3.05, 3.63) is 47.9 Å². The predicted octanol–water partition coefficient (Wildman–Crippen LogP) is 3.14. The Morgan fingerprint density at radius 2 is 2.17 bits per heavy atom. The summed E-state index contributed by atoms with van der Waals surface area (Å²) in [5.74, 6) is 2.45. The van der Waals surface area contributed by atoms with Crippen molar-refractivity contribution < 1.29 is 18.6 Å². The number of hydrogen-bond donors (Lipinski definition) is 1. The second-order valence-electron chi connectivity index (χ2n) is 5.58. The van der Waals surface area contributed by atoms with Gasteiger partial charge in [0.2, 0.25) is 0 Å². The van der Waals surface area contributed by atoms with Crippen LogP contribution in [0.1, 0.15) is 24.2 Å². The summed E-state index contributed by atoms with van der Waals surface area (Å²) in [5, 5.41) is 3.36. The molecule has 1 N–H and O–H groups in total. The highest BCUT2D eigenvalue weighted by Gasteiger charge is 2.18. The van der Waals surface area contributed by atoms with Crippen LogP contribution in [-0.4, -0.2) is 26.4 Å². The van der Waals surface area contributed by atoms with Gasteiger partial charge in [-0.2, -0.15) is 0 Å². The van der Waals surface area contributed by atoms with Crippen LogP contribution < -0.4 is 14.8 Å². The summed E-state index contributed by atoms with van der Waals surface area (Å²) < 4.78 is 22.4. The highest BCUT2D eigenvalue weighted by atomic mass is 16.5. The van der Waals surface area contributed by atoms with Crippen LogP contribution in [0.3, 0.4) is 0 Å². The Bertz CT molecular complexity index is 591. The molecule has 0 radical (unpaired) electrons. The third-order valence-electron chi connectivity index (χ3n) is 3.91. The lowest BCUT2D eigenvalue weighted by Crippen LogP contribution is -2.18. The standard InChI is InChI=1S/C18H23NO4/c1-20-17-8-2-5-14(11-19-12-15-6-3-9-21-15)18(17)23-13-16-7-4-10-22-16/h2-3,5-6,8-9,16,19H,4,7,10-13H2,1H3. The Kier molecular flexibility index (Phi) is 5.56. The average Bonchev–Trinajstić information content (AvgIpc) is 3.27. The van der Waals surface area contributed by atoms with E-state index >= 15 is 0 Å². The van der Waals surface area contributed by atoms with Gasteiger partial charge in [-0.05, 0) is 31.0 Å². The maximum Gasteiger partial charge on any atom is 0.165 e. The van der Waals surface area contributed by atoms with Crippen molar-refractivity contribution >= 4 is 0 Å². The molecule has 0 spiro atoms. The minimum atomic E-state index is 0.184. The van der Waals surface area contributed by atoms with Crippen LogP contribution in [0.25, 0.3) is 0 Å². The molecule has 0 saturated carbocycles.